The molecular formula is C13H18N2O2. The monoisotopic (exact) mass is 234 g/mol. The van der Waals surface area contributed by atoms with Crippen molar-refractivity contribution in [3.05, 3.63) is 35.4 Å². The summed E-state index contributed by atoms with van der Waals surface area (Å²) in [7, 11) is 0. The van der Waals surface area contributed by atoms with Gasteiger partial charge in [-0.1, -0.05) is 12.1 Å². The van der Waals surface area contributed by atoms with Crippen molar-refractivity contribution in [2.45, 2.75) is 25.8 Å². The first-order chi connectivity index (χ1) is 8.24. The van der Waals surface area contributed by atoms with E-state index in [1.807, 2.05) is 12.1 Å². The predicted octanol–water partition coefficient (Wildman–Crippen LogP) is 2.29. The third-order valence-electron chi connectivity index (χ3n) is 2.48. The minimum absolute atomic E-state index is 0.319. The van der Waals surface area contributed by atoms with Crippen molar-refractivity contribution in [3.63, 3.8) is 0 Å². The molecule has 92 valence electrons. The lowest BCUT2D eigenvalue weighted by atomic mass is 10.1. The Morgan fingerprint density at radius 2 is 2.00 bits per heavy atom. The summed E-state index contributed by atoms with van der Waals surface area (Å²) in [6.07, 6.45) is 4.37. The SMILES string of the molecule is N=CCCCCNCc1ccc(C(=O)O)cc1. The fraction of sp³-hybridized carbons (Fsp3) is 0.385. The first-order valence-electron chi connectivity index (χ1n) is 5.76. The molecule has 0 fully saturated rings. The summed E-state index contributed by atoms with van der Waals surface area (Å²) in [5.41, 5.74) is 1.40. The molecule has 0 unspecified atom stereocenters. The van der Waals surface area contributed by atoms with E-state index in [1.54, 1.807) is 12.1 Å². The lowest BCUT2D eigenvalue weighted by Crippen LogP contribution is -2.14. The predicted molar refractivity (Wildman–Crippen MR) is 67.7 cm³/mol. The zero-order valence-corrected chi connectivity index (χ0v) is 9.78. The zero-order chi connectivity index (χ0) is 12.5. The van der Waals surface area contributed by atoms with Crippen LogP contribution in [0.25, 0.3) is 0 Å². The Hall–Kier alpha value is -1.68. The first kappa shape index (κ1) is 13.4. The molecule has 0 heterocycles. The first-order valence-corrected chi connectivity index (χ1v) is 5.76. The summed E-state index contributed by atoms with van der Waals surface area (Å²) in [6.45, 7) is 1.68. The van der Waals surface area contributed by atoms with E-state index in [4.69, 9.17) is 10.5 Å². The third kappa shape index (κ3) is 5.26. The highest BCUT2D eigenvalue weighted by Crippen LogP contribution is 2.04. The summed E-state index contributed by atoms with van der Waals surface area (Å²) in [4.78, 5) is 10.6. The van der Waals surface area contributed by atoms with Gasteiger partial charge in [-0.05, 0) is 49.7 Å². The summed E-state index contributed by atoms with van der Waals surface area (Å²) < 4.78 is 0. The van der Waals surface area contributed by atoms with E-state index in [2.05, 4.69) is 5.32 Å². The number of nitrogens with one attached hydrogen (secondary N) is 2. The maximum Gasteiger partial charge on any atom is 0.335 e. The highest BCUT2D eigenvalue weighted by molar-refractivity contribution is 5.87. The topological polar surface area (TPSA) is 73.2 Å². The fourth-order valence-corrected chi connectivity index (χ4v) is 1.49. The van der Waals surface area contributed by atoms with Crippen molar-refractivity contribution in [2.75, 3.05) is 6.54 Å². The number of aromatic carboxylic acids is 1. The standard InChI is InChI=1S/C13H18N2O2/c14-8-2-1-3-9-15-10-11-4-6-12(7-5-11)13(16)17/h4-8,14-15H,1-3,9-10H2,(H,16,17). The van der Waals surface area contributed by atoms with E-state index in [0.29, 0.717) is 5.56 Å². The lowest BCUT2D eigenvalue weighted by molar-refractivity contribution is 0.0697. The van der Waals surface area contributed by atoms with Crippen molar-refractivity contribution < 1.29 is 9.90 Å². The van der Waals surface area contributed by atoms with Crippen LogP contribution in [-0.4, -0.2) is 23.8 Å². The molecule has 17 heavy (non-hydrogen) atoms. The smallest absolute Gasteiger partial charge is 0.335 e. The molecule has 0 radical (unpaired) electrons. The third-order valence-corrected chi connectivity index (χ3v) is 2.48. The van der Waals surface area contributed by atoms with Gasteiger partial charge in [0.1, 0.15) is 0 Å². The van der Waals surface area contributed by atoms with E-state index >= 15 is 0 Å². The Kier molecular flexibility index (Phi) is 5.96. The van der Waals surface area contributed by atoms with Crippen LogP contribution in [0.1, 0.15) is 35.2 Å². The Bertz CT molecular complexity index is 360. The normalized spacial score (nSPS) is 10.1. The Morgan fingerprint density at radius 1 is 1.29 bits per heavy atom. The average molecular weight is 234 g/mol. The molecule has 0 saturated carbocycles. The number of carboxylic acid groups (broad SMARTS) is 1. The molecule has 1 aromatic rings. The van der Waals surface area contributed by atoms with Gasteiger partial charge >= 0.3 is 5.97 Å². The molecule has 0 spiro atoms. The van der Waals surface area contributed by atoms with Gasteiger partial charge in [0, 0.05) is 6.54 Å². The Labute approximate surface area is 101 Å². The van der Waals surface area contributed by atoms with Gasteiger partial charge in [-0.15, -0.1) is 0 Å². The second-order valence-corrected chi connectivity index (χ2v) is 3.88. The fourth-order valence-electron chi connectivity index (χ4n) is 1.49. The zero-order valence-electron chi connectivity index (χ0n) is 9.78. The number of rotatable bonds is 8. The lowest BCUT2D eigenvalue weighted by Gasteiger charge is -2.04. The van der Waals surface area contributed by atoms with Crippen LogP contribution in [0.4, 0.5) is 0 Å². The molecule has 3 N–H and O–H groups in total. The van der Waals surface area contributed by atoms with E-state index in [0.717, 1.165) is 37.9 Å². The second kappa shape index (κ2) is 7.57. The van der Waals surface area contributed by atoms with E-state index in [1.165, 1.54) is 6.21 Å². The molecule has 0 amide bonds. The quantitative estimate of drug-likeness (QED) is 0.477. The molecule has 0 bridgehead atoms. The van der Waals surface area contributed by atoms with Gasteiger partial charge in [0.25, 0.3) is 0 Å². The van der Waals surface area contributed by atoms with Crippen molar-refractivity contribution in [3.8, 4) is 0 Å². The van der Waals surface area contributed by atoms with Gasteiger partial charge in [0.2, 0.25) is 0 Å². The summed E-state index contributed by atoms with van der Waals surface area (Å²) in [6, 6.07) is 6.89. The number of carboxylic acids is 1. The van der Waals surface area contributed by atoms with Crippen LogP contribution in [0.3, 0.4) is 0 Å². The number of hydrogen-bond acceptors (Lipinski definition) is 3. The molecule has 0 aliphatic heterocycles. The van der Waals surface area contributed by atoms with E-state index in [-0.39, 0.29) is 0 Å². The second-order valence-electron chi connectivity index (χ2n) is 3.88. The minimum Gasteiger partial charge on any atom is -0.478 e. The van der Waals surface area contributed by atoms with Crippen LogP contribution < -0.4 is 5.32 Å². The molecule has 1 aromatic carbocycles. The number of unbranched alkanes of at least 4 members (excludes halogenated alkanes) is 2. The molecule has 4 nitrogen and oxygen atoms in total. The summed E-state index contributed by atoms with van der Waals surface area (Å²) >= 11 is 0. The van der Waals surface area contributed by atoms with Crippen LogP contribution in [0.15, 0.2) is 24.3 Å². The number of hydrogen-bond donors (Lipinski definition) is 3. The van der Waals surface area contributed by atoms with E-state index < -0.39 is 5.97 Å². The van der Waals surface area contributed by atoms with Crippen LogP contribution in [0, 0.1) is 5.41 Å². The Balaban J connectivity index is 2.23. The van der Waals surface area contributed by atoms with Crippen LogP contribution in [-0.2, 0) is 6.54 Å². The van der Waals surface area contributed by atoms with Crippen molar-refractivity contribution in [2.24, 2.45) is 0 Å². The molecule has 0 saturated heterocycles. The molecule has 0 aliphatic rings. The molecule has 0 aromatic heterocycles. The summed E-state index contributed by atoms with van der Waals surface area (Å²) in [5, 5.41) is 18.9. The van der Waals surface area contributed by atoms with E-state index in [9.17, 15) is 4.79 Å². The van der Waals surface area contributed by atoms with Gasteiger partial charge < -0.3 is 15.8 Å². The maximum absolute atomic E-state index is 10.6. The summed E-state index contributed by atoms with van der Waals surface area (Å²) in [5.74, 6) is -0.892. The van der Waals surface area contributed by atoms with Crippen molar-refractivity contribution in [1.82, 2.24) is 5.32 Å². The average Bonchev–Trinajstić information content (AvgIpc) is 2.34. The molecule has 0 atom stereocenters. The van der Waals surface area contributed by atoms with Crippen LogP contribution >= 0.6 is 0 Å². The molecule has 0 aliphatic carbocycles. The number of carbonyl (C=O) groups is 1. The largest absolute Gasteiger partial charge is 0.478 e. The maximum atomic E-state index is 10.6. The van der Waals surface area contributed by atoms with Crippen LogP contribution in [0.2, 0.25) is 0 Å². The van der Waals surface area contributed by atoms with Gasteiger partial charge in [0.15, 0.2) is 0 Å². The van der Waals surface area contributed by atoms with Crippen molar-refractivity contribution in [1.29, 1.82) is 5.41 Å². The van der Waals surface area contributed by atoms with Crippen molar-refractivity contribution >= 4 is 12.2 Å². The highest BCUT2D eigenvalue weighted by Gasteiger charge is 2.00. The Morgan fingerprint density at radius 3 is 2.59 bits per heavy atom. The van der Waals surface area contributed by atoms with Gasteiger partial charge in [0.05, 0.1) is 5.56 Å². The minimum atomic E-state index is -0.892. The number of benzene rings is 1. The van der Waals surface area contributed by atoms with Gasteiger partial charge in [-0.3, -0.25) is 0 Å². The molecular weight excluding hydrogens is 216 g/mol. The van der Waals surface area contributed by atoms with Gasteiger partial charge in [-0.25, -0.2) is 4.79 Å². The molecule has 4 heteroatoms. The van der Waals surface area contributed by atoms with Gasteiger partial charge in [-0.2, -0.15) is 0 Å². The molecule has 1 rings (SSSR count). The van der Waals surface area contributed by atoms with Crippen LogP contribution in [0.5, 0.6) is 0 Å². The highest BCUT2D eigenvalue weighted by atomic mass is 16.4.